The largest absolute Gasteiger partial charge is 0.395 e. The molecule has 0 rings (SSSR count). The van der Waals surface area contributed by atoms with Crippen LogP contribution in [0.15, 0.2) is 0 Å². The Morgan fingerprint density at radius 2 is 2.00 bits per heavy atom. The van der Waals surface area contributed by atoms with Crippen LogP contribution >= 0.6 is 0 Å². The molecule has 6 nitrogen and oxygen atoms in total. The summed E-state index contributed by atoms with van der Waals surface area (Å²) in [5, 5.41) is 8.92. The van der Waals surface area contributed by atoms with Crippen molar-refractivity contribution < 1.29 is 18.3 Å². The Labute approximate surface area is 91.4 Å². The average Bonchev–Trinajstić information content (AvgIpc) is 2.15. The van der Waals surface area contributed by atoms with Gasteiger partial charge in [-0.25, -0.2) is 0 Å². The smallest absolute Gasteiger partial charge is 0.279 e. The summed E-state index contributed by atoms with van der Waals surface area (Å²) in [5.74, 6) is 0. The van der Waals surface area contributed by atoms with Crippen LogP contribution in [0.2, 0.25) is 0 Å². The van der Waals surface area contributed by atoms with E-state index in [2.05, 4.69) is 4.72 Å². The maximum absolute atomic E-state index is 11.7. The fraction of sp³-hybridized carbons (Fsp3) is 1.00. The number of nitrogens with zero attached hydrogens (tertiary/aromatic N) is 1. The van der Waals surface area contributed by atoms with Crippen LogP contribution in [0.4, 0.5) is 0 Å². The predicted octanol–water partition coefficient (Wildman–Crippen LogP) is -0.832. The predicted molar refractivity (Wildman–Crippen MR) is 57.7 cm³/mol. The zero-order valence-electron chi connectivity index (χ0n) is 9.60. The van der Waals surface area contributed by atoms with E-state index in [4.69, 9.17) is 9.84 Å². The Balaban J connectivity index is 4.48. The van der Waals surface area contributed by atoms with Crippen LogP contribution in [0.3, 0.4) is 0 Å². The molecule has 0 aromatic carbocycles. The summed E-state index contributed by atoms with van der Waals surface area (Å²) in [6.45, 7) is 3.38. The van der Waals surface area contributed by atoms with E-state index in [1.165, 1.54) is 18.5 Å². The second kappa shape index (κ2) is 6.39. The van der Waals surface area contributed by atoms with Gasteiger partial charge in [0.05, 0.1) is 19.3 Å². The van der Waals surface area contributed by atoms with E-state index in [1.54, 1.807) is 13.8 Å². The van der Waals surface area contributed by atoms with Gasteiger partial charge in [-0.2, -0.15) is 17.4 Å². The molecule has 0 aliphatic carbocycles. The van der Waals surface area contributed by atoms with Crippen LogP contribution in [0, 0.1) is 0 Å². The molecule has 0 heterocycles. The third-order valence-electron chi connectivity index (χ3n) is 2.01. The summed E-state index contributed by atoms with van der Waals surface area (Å²) in [6, 6.07) is -0.745. The first kappa shape index (κ1) is 14.8. The molecule has 7 heteroatoms. The first-order valence-electron chi connectivity index (χ1n) is 4.70. The number of aliphatic hydroxyl groups excluding tert-OH is 1. The zero-order chi connectivity index (χ0) is 12.1. The fourth-order valence-corrected chi connectivity index (χ4v) is 2.18. The number of nitrogens with one attached hydrogen (secondary N) is 1. The molecule has 0 spiro atoms. The summed E-state index contributed by atoms with van der Waals surface area (Å²) in [5.41, 5.74) is 0. The number of aliphatic hydroxyl groups is 1. The number of hydrogen-bond donors (Lipinski definition) is 2. The Morgan fingerprint density at radius 3 is 2.33 bits per heavy atom. The van der Waals surface area contributed by atoms with Gasteiger partial charge in [0.2, 0.25) is 0 Å². The summed E-state index contributed by atoms with van der Waals surface area (Å²) < 4.78 is 31.7. The van der Waals surface area contributed by atoms with Gasteiger partial charge in [-0.1, -0.05) is 0 Å². The van der Waals surface area contributed by atoms with Crippen LogP contribution in [0.25, 0.3) is 0 Å². The maximum atomic E-state index is 11.7. The monoisotopic (exact) mass is 240 g/mol. The van der Waals surface area contributed by atoms with Gasteiger partial charge < -0.3 is 9.84 Å². The van der Waals surface area contributed by atoms with Crippen molar-refractivity contribution in [2.75, 3.05) is 27.4 Å². The lowest BCUT2D eigenvalue weighted by Crippen LogP contribution is -2.48. The first-order chi connectivity index (χ1) is 6.85. The van der Waals surface area contributed by atoms with E-state index < -0.39 is 16.3 Å². The van der Waals surface area contributed by atoms with Crippen molar-refractivity contribution in [1.82, 2.24) is 9.03 Å². The first-order valence-corrected chi connectivity index (χ1v) is 6.14. The quantitative estimate of drug-likeness (QED) is 0.609. The Kier molecular flexibility index (Phi) is 6.30. The maximum Gasteiger partial charge on any atom is 0.279 e. The van der Waals surface area contributed by atoms with Crippen molar-refractivity contribution in [2.24, 2.45) is 0 Å². The molecule has 1 unspecified atom stereocenters. The molecule has 0 fully saturated rings. The summed E-state index contributed by atoms with van der Waals surface area (Å²) >= 11 is 0. The van der Waals surface area contributed by atoms with Crippen molar-refractivity contribution >= 4 is 10.2 Å². The van der Waals surface area contributed by atoms with Crippen LogP contribution in [-0.4, -0.2) is 57.3 Å². The van der Waals surface area contributed by atoms with E-state index in [1.807, 2.05) is 0 Å². The summed E-state index contributed by atoms with van der Waals surface area (Å²) in [7, 11) is -0.622. The molecular weight excluding hydrogens is 220 g/mol. The molecular formula is C8H20N2O4S. The van der Waals surface area contributed by atoms with Crippen LogP contribution < -0.4 is 4.72 Å². The Bertz CT molecular complexity index is 266. The third-order valence-corrected chi connectivity index (χ3v) is 3.82. The van der Waals surface area contributed by atoms with Gasteiger partial charge in [-0.15, -0.1) is 0 Å². The molecule has 0 saturated heterocycles. The topological polar surface area (TPSA) is 78.9 Å². The minimum Gasteiger partial charge on any atom is -0.395 e. The summed E-state index contributed by atoms with van der Waals surface area (Å²) in [6.07, 6.45) is 0. The molecule has 2 N–H and O–H groups in total. The Hall–Kier alpha value is -0.210. The van der Waals surface area contributed by atoms with E-state index in [-0.39, 0.29) is 19.3 Å². The molecule has 15 heavy (non-hydrogen) atoms. The number of ether oxygens (including phenoxy) is 1. The molecule has 0 radical (unpaired) electrons. The van der Waals surface area contributed by atoms with Crippen LogP contribution in [0.5, 0.6) is 0 Å². The van der Waals surface area contributed by atoms with Gasteiger partial charge in [-0.3, -0.25) is 0 Å². The zero-order valence-corrected chi connectivity index (χ0v) is 10.4. The normalized spacial score (nSPS) is 14.9. The number of hydrogen-bond acceptors (Lipinski definition) is 4. The third kappa shape index (κ3) is 4.89. The van der Waals surface area contributed by atoms with Gasteiger partial charge in [0.25, 0.3) is 10.2 Å². The molecule has 0 bridgehead atoms. The van der Waals surface area contributed by atoms with Crippen molar-refractivity contribution in [3.8, 4) is 0 Å². The lowest BCUT2D eigenvalue weighted by molar-refractivity contribution is 0.138. The fourth-order valence-electron chi connectivity index (χ4n) is 0.896. The van der Waals surface area contributed by atoms with E-state index in [9.17, 15) is 8.42 Å². The SMILES string of the molecule is COCC(CO)NS(=O)(=O)N(C)C(C)C. The van der Waals surface area contributed by atoms with Gasteiger partial charge in [0.15, 0.2) is 0 Å². The molecule has 92 valence electrons. The number of rotatable bonds is 7. The summed E-state index contributed by atoms with van der Waals surface area (Å²) in [4.78, 5) is 0. The van der Waals surface area contributed by atoms with Crippen molar-refractivity contribution in [3.63, 3.8) is 0 Å². The van der Waals surface area contributed by atoms with E-state index in [0.717, 1.165) is 0 Å². The highest BCUT2D eigenvalue weighted by Crippen LogP contribution is 2.01. The van der Waals surface area contributed by atoms with Crippen molar-refractivity contribution in [3.05, 3.63) is 0 Å². The standard InChI is InChI=1S/C8H20N2O4S/c1-7(2)10(3)15(12,13)9-8(5-11)6-14-4/h7-9,11H,5-6H2,1-4H3. The Morgan fingerprint density at radius 1 is 1.47 bits per heavy atom. The van der Waals surface area contributed by atoms with E-state index >= 15 is 0 Å². The molecule has 0 aromatic rings. The minimum absolute atomic E-state index is 0.135. The van der Waals surface area contributed by atoms with Crippen LogP contribution in [-0.2, 0) is 14.9 Å². The van der Waals surface area contributed by atoms with E-state index in [0.29, 0.717) is 0 Å². The minimum atomic E-state index is -3.55. The average molecular weight is 240 g/mol. The number of methoxy groups -OCH3 is 1. The highest BCUT2D eigenvalue weighted by Gasteiger charge is 2.23. The lowest BCUT2D eigenvalue weighted by Gasteiger charge is -2.24. The van der Waals surface area contributed by atoms with Gasteiger partial charge in [0, 0.05) is 20.2 Å². The van der Waals surface area contributed by atoms with Gasteiger partial charge in [-0.05, 0) is 13.8 Å². The molecule has 0 aromatic heterocycles. The molecule has 1 atom stereocenters. The lowest BCUT2D eigenvalue weighted by atomic mass is 10.4. The molecule has 0 saturated carbocycles. The molecule has 0 aliphatic rings. The highest BCUT2D eigenvalue weighted by molar-refractivity contribution is 7.87. The van der Waals surface area contributed by atoms with Crippen molar-refractivity contribution in [1.29, 1.82) is 0 Å². The second-order valence-corrected chi connectivity index (χ2v) is 5.33. The second-order valence-electron chi connectivity index (χ2n) is 3.57. The van der Waals surface area contributed by atoms with Crippen LogP contribution in [0.1, 0.15) is 13.8 Å². The highest BCUT2D eigenvalue weighted by atomic mass is 32.2. The molecule has 0 aliphatic heterocycles. The van der Waals surface area contributed by atoms with Gasteiger partial charge in [0.1, 0.15) is 0 Å². The van der Waals surface area contributed by atoms with Gasteiger partial charge >= 0.3 is 0 Å². The van der Waals surface area contributed by atoms with Crippen molar-refractivity contribution in [2.45, 2.75) is 25.9 Å². The molecule has 0 amide bonds.